The maximum atomic E-state index is 5.78. The molecule has 2 N–H and O–H groups in total. The Morgan fingerprint density at radius 3 is 1.64 bits per heavy atom. The summed E-state index contributed by atoms with van der Waals surface area (Å²) in [6, 6.07) is 0.362. The third kappa shape index (κ3) is 1.20. The molecule has 0 aromatic carbocycles. The monoisotopic (exact) mass is 155 g/mol. The third-order valence-corrected chi connectivity index (χ3v) is 3.93. The first kappa shape index (κ1) is 9.05. The topological polar surface area (TPSA) is 26.0 Å². The molecule has 1 fully saturated rings. The van der Waals surface area contributed by atoms with Crippen LogP contribution in [0.4, 0.5) is 0 Å². The van der Waals surface area contributed by atoms with Gasteiger partial charge in [-0.1, -0.05) is 27.7 Å². The van der Waals surface area contributed by atoms with Crippen LogP contribution in [0.3, 0.4) is 0 Å². The van der Waals surface area contributed by atoms with E-state index in [0.29, 0.717) is 16.9 Å². The van der Waals surface area contributed by atoms with Gasteiger partial charge in [0.1, 0.15) is 0 Å². The number of hydrogen-bond acceptors (Lipinski definition) is 1. The maximum absolute atomic E-state index is 5.78. The van der Waals surface area contributed by atoms with E-state index < -0.39 is 0 Å². The molecule has 0 spiro atoms. The van der Waals surface area contributed by atoms with E-state index in [9.17, 15) is 0 Å². The van der Waals surface area contributed by atoms with Gasteiger partial charge in [-0.3, -0.25) is 0 Å². The van der Waals surface area contributed by atoms with Crippen LogP contribution >= 0.6 is 0 Å². The smallest absolute Gasteiger partial charge is 0.00135 e. The van der Waals surface area contributed by atoms with Crippen molar-refractivity contribution in [3.05, 3.63) is 0 Å². The summed E-state index contributed by atoms with van der Waals surface area (Å²) in [7, 11) is 0. The van der Waals surface area contributed by atoms with E-state index in [4.69, 9.17) is 5.73 Å². The van der Waals surface area contributed by atoms with Crippen molar-refractivity contribution >= 4 is 0 Å². The Morgan fingerprint density at radius 2 is 1.55 bits per heavy atom. The molecule has 0 bridgehead atoms. The number of nitrogens with two attached hydrogens (primary N) is 1. The van der Waals surface area contributed by atoms with Crippen LogP contribution < -0.4 is 5.73 Å². The van der Waals surface area contributed by atoms with E-state index in [0.717, 1.165) is 5.92 Å². The molecule has 11 heavy (non-hydrogen) atoms. The molecule has 66 valence electrons. The highest BCUT2D eigenvalue weighted by molar-refractivity contribution is 5.12. The summed E-state index contributed by atoms with van der Waals surface area (Å²) in [6.07, 6.45) is 1.18. The molecular formula is C10H21N. The van der Waals surface area contributed by atoms with Crippen molar-refractivity contribution < 1.29 is 0 Å². The SMILES string of the molecule is C[C@@H](N)CC1C(C)(C)C1(C)C. The van der Waals surface area contributed by atoms with Gasteiger partial charge in [0.15, 0.2) is 0 Å². The highest BCUT2D eigenvalue weighted by Crippen LogP contribution is 2.69. The largest absolute Gasteiger partial charge is 0.328 e. The van der Waals surface area contributed by atoms with Crippen LogP contribution in [0.25, 0.3) is 0 Å². The van der Waals surface area contributed by atoms with Crippen LogP contribution in [0, 0.1) is 16.7 Å². The maximum Gasteiger partial charge on any atom is 0.00135 e. The normalized spacial score (nSPS) is 30.0. The van der Waals surface area contributed by atoms with Gasteiger partial charge in [-0.15, -0.1) is 0 Å². The standard InChI is InChI=1S/C10H21N/c1-7(11)6-8-9(2,3)10(8,4)5/h7-8H,6,11H2,1-5H3/t7-/m1/s1. The van der Waals surface area contributed by atoms with Crippen LogP contribution in [0.2, 0.25) is 0 Å². The number of rotatable bonds is 2. The van der Waals surface area contributed by atoms with Gasteiger partial charge in [0.05, 0.1) is 0 Å². The quantitative estimate of drug-likeness (QED) is 0.651. The van der Waals surface area contributed by atoms with Crippen molar-refractivity contribution in [2.24, 2.45) is 22.5 Å². The Morgan fingerprint density at radius 1 is 1.18 bits per heavy atom. The predicted molar refractivity (Wildman–Crippen MR) is 49.3 cm³/mol. The van der Waals surface area contributed by atoms with Gasteiger partial charge in [-0.25, -0.2) is 0 Å². The highest BCUT2D eigenvalue weighted by atomic mass is 14.7. The molecule has 1 aliphatic rings. The van der Waals surface area contributed by atoms with E-state index in [1.807, 2.05) is 0 Å². The lowest BCUT2D eigenvalue weighted by atomic mass is 10.0. The fourth-order valence-electron chi connectivity index (χ4n) is 2.29. The van der Waals surface area contributed by atoms with E-state index in [1.54, 1.807) is 0 Å². The highest BCUT2D eigenvalue weighted by Gasteiger charge is 2.63. The summed E-state index contributed by atoms with van der Waals surface area (Å²) in [6.45, 7) is 11.5. The molecule has 1 nitrogen and oxygen atoms in total. The molecule has 0 saturated heterocycles. The fraction of sp³-hybridized carbons (Fsp3) is 1.00. The van der Waals surface area contributed by atoms with Crippen molar-refractivity contribution in [1.29, 1.82) is 0 Å². The van der Waals surface area contributed by atoms with Crippen LogP contribution in [-0.2, 0) is 0 Å². The Labute approximate surface area is 70.4 Å². The second kappa shape index (κ2) is 2.22. The third-order valence-electron chi connectivity index (χ3n) is 3.93. The Kier molecular flexibility index (Phi) is 1.83. The van der Waals surface area contributed by atoms with Crippen molar-refractivity contribution in [2.45, 2.75) is 47.1 Å². The molecule has 0 aromatic heterocycles. The van der Waals surface area contributed by atoms with Crippen molar-refractivity contribution in [3.63, 3.8) is 0 Å². The second-order valence-corrected chi connectivity index (χ2v) is 5.21. The first-order valence-electron chi connectivity index (χ1n) is 4.55. The molecule has 0 heterocycles. The zero-order chi connectivity index (χ0) is 8.86. The van der Waals surface area contributed by atoms with Gasteiger partial charge in [-0.2, -0.15) is 0 Å². The van der Waals surface area contributed by atoms with Gasteiger partial charge in [0.25, 0.3) is 0 Å². The molecule has 1 atom stereocenters. The molecule has 1 rings (SSSR count). The van der Waals surface area contributed by atoms with Gasteiger partial charge >= 0.3 is 0 Å². The zero-order valence-corrected chi connectivity index (χ0v) is 8.44. The first-order chi connectivity index (χ1) is 4.80. The van der Waals surface area contributed by atoms with Crippen molar-refractivity contribution in [3.8, 4) is 0 Å². The Bertz CT molecular complexity index is 142. The fourth-order valence-corrected chi connectivity index (χ4v) is 2.29. The van der Waals surface area contributed by atoms with E-state index in [1.165, 1.54) is 6.42 Å². The average Bonchev–Trinajstić information content (AvgIpc) is 2.11. The molecule has 0 aliphatic heterocycles. The average molecular weight is 155 g/mol. The van der Waals surface area contributed by atoms with Crippen LogP contribution in [0.15, 0.2) is 0 Å². The van der Waals surface area contributed by atoms with Crippen LogP contribution in [-0.4, -0.2) is 6.04 Å². The molecule has 0 radical (unpaired) electrons. The molecule has 0 amide bonds. The summed E-state index contributed by atoms with van der Waals surface area (Å²) >= 11 is 0. The molecule has 1 heteroatoms. The lowest BCUT2D eigenvalue weighted by Gasteiger charge is -2.05. The first-order valence-corrected chi connectivity index (χ1v) is 4.55. The summed E-state index contributed by atoms with van der Waals surface area (Å²) in [4.78, 5) is 0. The minimum absolute atomic E-state index is 0.362. The lowest BCUT2D eigenvalue weighted by Crippen LogP contribution is -2.16. The van der Waals surface area contributed by atoms with Crippen molar-refractivity contribution in [1.82, 2.24) is 0 Å². The molecule has 1 saturated carbocycles. The zero-order valence-electron chi connectivity index (χ0n) is 8.44. The van der Waals surface area contributed by atoms with Gasteiger partial charge in [0.2, 0.25) is 0 Å². The van der Waals surface area contributed by atoms with E-state index in [-0.39, 0.29) is 0 Å². The van der Waals surface area contributed by atoms with Gasteiger partial charge < -0.3 is 5.73 Å². The van der Waals surface area contributed by atoms with Gasteiger partial charge in [-0.05, 0) is 30.1 Å². The second-order valence-electron chi connectivity index (χ2n) is 5.21. The van der Waals surface area contributed by atoms with E-state index >= 15 is 0 Å². The summed E-state index contributed by atoms with van der Waals surface area (Å²) in [5.41, 5.74) is 6.80. The van der Waals surface area contributed by atoms with Gasteiger partial charge in [0, 0.05) is 6.04 Å². The van der Waals surface area contributed by atoms with E-state index in [2.05, 4.69) is 34.6 Å². The lowest BCUT2D eigenvalue weighted by molar-refractivity contribution is 0.457. The molecule has 0 aromatic rings. The molecular weight excluding hydrogens is 134 g/mol. The van der Waals surface area contributed by atoms with Crippen molar-refractivity contribution in [2.75, 3.05) is 0 Å². The summed E-state index contributed by atoms with van der Waals surface area (Å²) in [5, 5.41) is 0. The Hall–Kier alpha value is -0.0400. The summed E-state index contributed by atoms with van der Waals surface area (Å²) in [5.74, 6) is 0.829. The molecule has 0 unspecified atom stereocenters. The molecule has 1 aliphatic carbocycles. The summed E-state index contributed by atoms with van der Waals surface area (Å²) < 4.78 is 0. The minimum Gasteiger partial charge on any atom is -0.328 e. The van der Waals surface area contributed by atoms with Crippen LogP contribution in [0.5, 0.6) is 0 Å². The predicted octanol–water partition coefficient (Wildman–Crippen LogP) is 2.41. The number of hydrogen-bond donors (Lipinski definition) is 1. The van der Waals surface area contributed by atoms with Crippen LogP contribution in [0.1, 0.15) is 41.0 Å². The Balaban J connectivity index is 2.54. The minimum atomic E-state index is 0.362.